The van der Waals surface area contributed by atoms with Gasteiger partial charge in [-0.2, -0.15) is 0 Å². The molecule has 1 saturated heterocycles. The molecule has 0 atom stereocenters. The minimum atomic E-state index is -0.519. The number of hydrogen-bond acceptors (Lipinski definition) is 6. The second-order valence-electron chi connectivity index (χ2n) is 8.66. The first kappa shape index (κ1) is 26.9. The maximum Gasteiger partial charge on any atom is 0.294 e. The van der Waals surface area contributed by atoms with Crippen molar-refractivity contribution in [2.45, 2.75) is 11.5 Å². The fraction of sp³-hybridized carbons (Fsp3) is 0.100. The fourth-order valence-electron chi connectivity index (χ4n) is 4.10. The third-order valence-electron chi connectivity index (χ3n) is 6.04. The van der Waals surface area contributed by atoms with Gasteiger partial charge in [0, 0.05) is 21.2 Å². The van der Waals surface area contributed by atoms with Crippen LogP contribution in [0.1, 0.15) is 11.1 Å². The molecule has 1 N–H and O–H groups in total. The number of amides is 3. The highest BCUT2D eigenvalue weighted by Crippen LogP contribution is 2.37. The summed E-state index contributed by atoms with van der Waals surface area (Å²) in [5.74, 6) is -0.398. The molecule has 9 heteroatoms. The van der Waals surface area contributed by atoms with Crippen LogP contribution >= 0.6 is 35.1 Å². The number of nitrogens with one attached hydrogen (secondary N) is 1. The van der Waals surface area contributed by atoms with E-state index >= 15 is 0 Å². The zero-order valence-electron chi connectivity index (χ0n) is 20.8. The number of fused-ring (bicyclic) bond motifs is 1. The van der Waals surface area contributed by atoms with E-state index in [0.717, 1.165) is 37.9 Å². The lowest BCUT2D eigenvalue weighted by Crippen LogP contribution is -2.36. The van der Waals surface area contributed by atoms with Crippen LogP contribution in [-0.2, 0) is 16.2 Å². The number of nitrogens with zero attached hydrogens (tertiary/aromatic N) is 1. The van der Waals surface area contributed by atoms with Gasteiger partial charge in [0.1, 0.15) is 18.9 Å². The average Bonchev–Trinajstić information content (AvgIpc) is 3.20. The summed E-state index contributed by atoms with van der Waals surface area (Å²) in [5.41, 5.74) is 2.23. The second-order valence-corrected chi connectivity index (χ2v) is 11.0. The molecular weight excluding hydrogens is 552 g/mol. The van der Waals surface area contributed by atoms with Gasteiger partial charge in [-0.1, -0.05) is 60.1 Å². The summed E-state index contributed by atoms with van der Waals surface area (Å²) in [6.45, 7) is -0.0727. The molecule has 1 aliphatic rings. The molecular formula is C30H23ClN2O4S2. The summed E-state index contributed by atoms with van der Waals surface area (Å²) >= 11 is 8.36. The standard InChI is InChI=1S/C30H23ClN2O4S2/c1-38-23-7-4-6-22(15-23)32-28(34)17-33-29(35)27(39-30(33)36)16-25-24-8-3-2-5-20(24)11-14-26(25)37-18-19-9-12-21(31)13-10-19/h2-16H,17-18H2,1H3,(H,32,34)/b27-16+. The van der Waals surface area contributed by atoms with E-state index in [9.17, 15) is 14.4 Å². The molecule has 0 aliphatic carbocycles. The van der Waals surface area contributed by atoms with E-state index in [4.69, 9.17) is 16.3 Å². The van der Waals surface area contributed by atoms with Crippen LogP contribution < -0.4 is 10.1 Å². The second kappa shape index (κ2) is 12.0. The highest BCUT2D eigenvalue weighted by Gasteiger charge is 2.36. The van der Waals surface area contributed by atoms with Crippen molar-refractivity contribution in [3.8, 4) is 5.75 Å². The molecule has 3 amide bonds. The van der Waals surface area contributed by atoms with Crippen LogP contribution in [-0.4, -0.2) is 34.8 Å². The Morgan fingerprint density at radius 2 is 1.82 bits per heavy atom. The molecule has 0 spiro atoms. The molecule has 5 rings (SSSR count). The van der Waals surface area contributed by atoms with Crippen molar-refractivity contribution in [1.82, 2.24) is 4.90 Å². The Bertz CT molecular complexity index is 1600. The van der Waals surface area contributed by atoms with Crippen LogP contribution in [0.25, 0.3) is 16.8 Å². The Morgan fingerprint density at radius 3 is 2.62 bits per heavy atom. The van der Waals surface area contributed by atoms with Gasteiger partial charge in [0.25, 0.3) is 11.1 Å². The van der Waals surface area contributed by atoms with Gasteiger partial charge in [0.2, 0.25) is 5.91 Å². The van der Waals surface area contributed by atoms with Gasteiger partial charge >= 0.3 is 0 Å². The first-order chi connectivity index (χ1) is 18.9. The van der Waals surface area contributed by atoms with Crippen molar-refractivity contribution < 1.29 is 19.1 Å². The number of benzene rings is 4. The van der Waals surface area contributed by atoms with Crippen LogP contribution in [0.3, 0.4) is 0 Å². The zero-order chi connectivity index (χ0) is 27.4. The van der Waals surface area contributed by atoms with E-state index in [1.165, 1.54) is 0 Å². The molecule has 0 aromatic heterocycles. The summed E-state index contributed by atoms with van der Waals surface area (Å²) in [6.07, 6.45) is 3.61. The molecule has 0 unspecified atom stereocenters. The van der Waals surface area contributed by atoms with E-state index in [-0.39, 0.29) is 11.4 Å². The summed E-state index contributed by atoms with van der Waals surface area (Å²) in [5, 5.41) is 4.75. The minimum Gasteiger partial charge on any atom is -0.488 e. The number of imide groups is 1. The molecule has 0 saturated carbocycles. The van der Waals surface area contributed by atoms with Crippen molar-refractivity contribution in [3.63, 3.8) is 0 Å². The lowest BCUT2D eigenvalue weighted by Gasteiger charge is -2.14. The van der Waals surface area contributed by atoms with Gasteiger partial charge < -0.3 is 10.1 Å². The number of halogens is 1. The SMILES string of the molecule is CSc1cccc(NC(=O)CN2C(=O)S/C(=C/c3c(OCc4ccc(Cl)cc4)ccc4ccccc34)C2=O)c1. The summed E-state index contributed by atoms with van der Waals surface area (Å²) < 4.78 is 6.15. The van der Waals surface area contributed by atoms with Crippen LogP contribution in [0.2, 0.25) is 5.02 Å². The predicted octanol–water partition coefficient (Wildman–Crippen LogP) is 7.47. The highest BCUT2D eigenvalue weighted by atomic mass is 35.5. The maximum absolute atomic E-state index is 13.2. The summed E-state index contributed by atoms with van der Waals surface area (Å²) in [4.78, 5) is 40.9. The first-order valence-electron chi connectivity index (χ1n) is 12.0. The third-order valence-corrected chi connectivity index (χ3v) is 7.93. The van der Waals surface area contributed by atoms with Crippen molar-refractivity contribution >= 4 is 74.7 Å². The van der Waals surface area contributed by atoms with Gasteiger partial charge in [0.15, 0.2) is 0 Å². The Hall–Kier alpha value is -3.72. The Balaban J connectivity index is 1.38. The van der Waals surface area contributed by atoms with Crippen LogP contribution in [0, 0.1) is 0 Å². The zero-order valence-corrected chi connectivity index (χ0v) is 23.2. The third kappa shape index (κ3) is 6.30. The van der Waals surface area contributed by atoms with E-state index in [2.05, 4.69) is 5.32 Å². The number of thioether (sulfide) groups is 2. The minimum absolute atomic E-state index is 0.227. The molecule has 1 aliphatic heterocycles. The van der Waals surface area contributed by atoms with Crippen molar-refractivity contribution in [3.05, 3.63) is 106 Å². The molecule has 6 nitrogen and oxygen atoms in total. The monoisotopic (exact) mass is 574 g/mol. The number of ether oxygens (including phenoxy) is 1. The first-order valence-corrected chi connectivity index (χ1v) is 14.4. The normalized spacial score (nSPS) is 14.3. The van der Waals surface area contributed by atoms with E-state index in [1.54, 1.807) is 36.0 Å². The Kier molecular flexibility index (Phi) is 8.26. The van der Waals surface area contributed by atoms with E-state index < -0.39 is 17.1 Å². The smallest absolute Gasteiger partial charge is 0.294 e. The Labute approximate surface area is 239 Å². The molecule has 196 valence electrons. The number of hydrogen-bond donors (Lipinski definition) is 1. The van der Waals surface area contributed by atoms with Crippen molar-refractivity contribution in [2.75, 3.05) is 18.1 Å². The quantitative estimate of drug-likeness (QED) is 0.174. The average molecular weight is 575 g/mol. The van der Waals surface area contributed by atoms with Crippen LogP contribution in [0.4, 0.5) is 10.5 Å². The topological polar surface area (TPSA) is 75.7 Å². The fourth-order valence-corrected chi connectivity index (χ4v) is 5.51. The van der Waals surface area contributed by atoms with Crippen LogP contribution in [0.5, 0.6) is 5.75 Å². The van der Waals surface area contributed by atoms with Gasteiger partial charge in [-0.3, -0.25) is 19.3 Å². The van der Waals surface area contributed by atoms with Gasteiger partial charge in [-0.15, -0.1) is 11.8 Å². The van der Waals surface area contributed by atoms with E-state index in [1.807, 2.05) is 73.0 Å². The van der Waals surface area contributed by atoms with E-state index in [0.29, 0.717) is 28.6 Å². The molecule has 1 heterocycles. The number of carbonyl (C=O) groups excluding carboxylic acids is 3. The van der Waals surface area contributed by atoms with Gasteiger partial charge in [0.05, 0.1) is 4.91 Å². The lowest BCUT2D eigenvalue weighted by atomic mass is 10.0. The number of carbonyl (C=O) groups is 3. The van der Waals surface area contributed by atoms with Crippen LogP contribution in [0.15, 0.2) is 94.7 Å². The molecule has 0 bridgehead atoms. The molecule has 4 aromatic carbocycles. The lowest BCUT2D eigenvalue weighted by molar-refractivity contribution is -0.127. The molecule has 1 fully saturated rings. The maximum atomic E-state index is 13.2. The van der Waals surface area contributed by atoms with Crippen molar-refractivity contribution in [1.29, 1.82) is 0 Å². The summed E-state index contributed by atoms with van der Waals surface area (Å²) in [6, 6.07) is 26.3. The number of anilines is 1. The number of rotatable bonds is 8. The van der Waals surface area contributed by atoms with Crippen molar-refractivity contribution in [2.24, 2.45) is 0 Å². The highest BCUT2D eigenvalue weighted by molar-refractivity contribution is 8.18. The van der Waals surface area contributed by atoms with Gasteiger partial charge in [-0.05, 0) is 76.8 Å². The van der Waals surface area contributed by atoms with Gasteiger partial charge in [-0.25, -0.2) is 0 Å². The summed E-state index contributed by atoms with van der Waals surface area (Å²) in [7, 11) is 0. The predicted molar refractivity (Wildman–Crippen MR) is 159 cm³/mol. The largest absolute Gasteiger partial charge is 0.488 e. The Morgan fingerprint density at radius 1 is 1.03 bits per heavy atom. The molecule has 39 heavy (non-hydrogen) atoms. The molecule has 0 radical (unpaired) electrons. The molecule has 4 aromatic rings.